The smallest absolute Gasteiger partial charge is 0.491 e. The van der Waals surface area contributed by atoms with E-state index in [1.165, 1.54) is 0 Å². The molecule has 0 bridgehead atoms. The molecule has 5 nitrogen and oxygen atoms in total. The Kier molecular flexibility index (Phi) is 6.78. The predicted molar refractivity (Wildman–Crippen MR) is 104 cm³/mol. The lowest BCUT2D eigenvalue weighted by Gasteiger charge is -2.32. The fraction of sp³-hybridized carbons (Fsp3) is 0.700. The van der Waals surface area contributed by atoms with E-state index in [-0.39, 0.29) is 23.9 Å². The first kappa shape index (κ1) is 21.2. The minimum atomic E-state index is -0.380. The molecule has 1 aliphatic rings. The Morgan fingerprint density at radius 1 is 0.923 bits per heavy atom. The SMILES string of the molecule is CC(C)(C)OCCOCCOc1cccc(B2OC(C)(C)C(C)(C)O2)c1. The summed E-state index contributed by atoms with van der Waals surface area (Å²) in [5.74, 6) is 0.784. The molecule has 0 radical (unpaired) electrons. The molecule has 26 heavy (non-hydrogen) atoms. The molecule has 6 heteroatoms. The average molecular weight is 364 g/mol. The van der Waals surface area contributed by atoms with Crippen LogP contribution in [0.15, 0.2) is 24.3 Å². The van der Waals surface area contributed by atoms with Crippen LogP contribution in [0.25, 0.3) is 0 Å². The maximum absolute atomic E-state index is 6.09. The first-order valence-corrected chi connectivity index (χ1v) is 9.30. The van der Waals surface area contributed by atoms with Gasteiger partial charge >= 0.3 is 7.12 Å². The van der Waals surface area contributed by atoms with Crippen molar-refractivity contribution in [2.45, 2.75) is 65.3 Å². The molecule has 1 aromatic rings. The summed E-state index contributed by atoms with van der Waals surface area (Å²) in [4.78, 5) is 0. The highest BCUT2D eigenvalue weighted by Gasteiger charge is 2.51. The molecule has 1 fully saturated rings. The van der Waals surface area contributed by atoms with E-state index in [0.29, 0.717) is 26.4 Å². The Balaban J connectivity index is 1.76. The van der Waals surface area contributed by atoms with Crippen molar-refractivity contribution >= 4 is 12.6 Å². The topological polar surface area (TPSA) is 46.2 Å². The van der Waals surface area contributed by atoms with E-state index in [1.807, 2.05) is 72.7 Å². The third-order valence-electron chi connectivity index (χ3n) is 4.64. The second kappa shape index (κ2) is 8.30. The van der Waals surface area contributed by atoms with Gasteiger partial charge in [-0.05, 0) is 66.1 Å². The van der Waals surface area contributed by atoms with Gasteiger partial charge in [-0.15, -0.1) is 0 Å². The monoisotopic (exact) mass is 364 g/mol. The zero-order chi connectivity index (χ0) is 19.4. The molecule has 0 saturated carbocycles. The zero-order valence-corrected chi connectivity index (χ0v) is 17.3. The minimum Gasteiger partial charge on any atom is -0.491 e. The van der Waals surface area contributed by atoms with Crippen LogP contribution in [0.2, 0.25) is 0 Å². The maximum atomic E-state index is 6.09. The molecule has 0 unspecified atom stereocenters. The second-order valence-corrected chi connectivity index (χ2v) is 8.58. The van der Waals surface area contributed by atoms with E-state index in [1.54, 1.807) is 0 Å². The Labute approximate surface area is 158 Å². The van der Waals surface area contributed by atoms with Gasteiger partial charge in [-0.1, -0.05) is 12.1 Å². The van der Waals surface area contributed by atoms with Crippen LogP contribution in [-0.4, -0.2) is 50.3 Å². The lowest BCUT2D eigenvalue weighted by atomic mass is 9.79. The lowest BCUT2D eigenvalue weighted by molar-refractivity contribution is -0.0375. The van der Waals surface area contributed by atoms with E-state index in [0.717, 1.165) is 11.2 Å². The molecule has 0 amide bonds. The van der Waals surface area contributed by atoms with Crippen molar-refractivity contribution in [1.29, 1.82) is 0 Å². The molecule has 0 atom stereocenters. The van der Waals surface area contributed by atoms with Crippen molar-refractivity contribution in [3.05, 3.63) is 24.3 Å². The highest BCUT2D eigenvalue weighted by Crippen LogP contribution is 2.36. The normalized spacial score (nSPS) is 19.0. The quantitative estimate of drug-likeness (QED) is 0.524. The summed E-state index contributed by atoms with van der Waals surface area (Å²) >= 11 is 0. The number of ether oxygens (including phenoxy) is 3. The number of rotatable bonds is 8. The summed E-state index contributed by atoms with van der Waals surface area (Å²) in [6.07, 6.45) is 0. The molecule has 0 aromatic heterocycles. The molecule has 2 rings (SSSR count). The summed E-state index contributed by atoms with van der Waals surface area (Å²) in [6.45, 7) is 16.5. The lowest BCUT2D eigenvalue weighted by Crippen LogP contribution is -2.41. The molecule has 146 valence electrons. The summed E-state index contributed by atoms with van der Waals surface area (Å²) in [5, 5.41) is 0. The van der Waals surface area contributed by atoms with Gasteiger partial charge in [0, 0.05) is 0 Å². The summed E-state index contributed by atoms with van der Waals surface area (Å²) in [6, 6.07) is 7.84. The standard InChI is InChI=1S/C20H33BO5/c1-18(2,3)24-14-12-22-11-13-23-17-10-8-9-16(15-17)21-25-19(4,5)20(6,7)26-21/h8-10,15H,11-14H2,1-7H3. The molecule has 0 spiro atoms. The van der Waals surface area contributed by atoms with Crippen LogP contribution < -0.4 is 10.2 Å². The van der Waals surface area contributed by atoms with Gasteiger partial charge in [0.1, 0.15) is 12.4 Å². The zero-order valence-electron chi connectivity index (χ0n) is 17.3. The van der Waals surface area contributed by atoms with Crippen LogP contribution >= 0.6 is 0 Å². The maximum Gasteiger partial charge on any atom is 0.494 e. The summed E-state index contributed by atoms with van der Waals surface area (Å²) < 4.78 is 29.1. The van der Waals surface area contributed by atoms with Gasteiger partial charge in [0.05, 0.1) is 36.6 Å². The van der Waals surface area contributed by atoms with Crippen molar-refractivity contribution in [3.8, 4) is 5.75 Å². The van der Waals surface area contributed by atoms with Gasteiger partial charge in [0.2, 0.25) is 0 Å². The third-order valence-corrected chi connectivity index (χ3v) is 4.64. The molecule has 1 aliphatic heterocycles. The number of hydrogen-bond acceptors (Lipinski definition) is 5. The largest absolute Gasteiger partial charge is 0.494 e. The van der Waals surface area contributed by atoms with Gasteiger partial charge in [0.25, 0.3) is 0 Å². The third kappa shape index (κ3) is 5.98. The second-order valence-electron chi connectivity index (χ2n) is 8.58. The highest BCUT2D eigenvalue weighted by molar-refractivity contribution is 6.62. The van der Waals surface area contributed by atoms with Crippen LogP contribution in [0.3, 0.4) is 0 Å². The van der Waals surface area contributed by atoms with Crippen molar-refractivity contribution in [2.75, 3.05) is 26.4 Å². The van der Waals surface area contributed by atoms with E-state index in [4.69, 9.17) is 23.5 Å². The van der Waals surface area contributed by atoms with Crippen LogP contribution in [0, 0.1) is 0 Å². The highest BCUT2D eigenvalue weighted by atomic mass is 16.7. The minimum absolute atomic E-state index is 0.131. The van der Waals surface area contributed by atoms with Gasteiger partial charge in [-0.25, -0.2) is 0 Å². The van der Waals surface area contributed by atoms with Crippen molar-refractivity contribution < 1.29 is 23.5 Å². The average Bonchev–Trinajstić information content (AvgIpc) is 2.74. The Hall–Kier alpha value is -1.08. The van der Waals surface area contributed by atoms with Crippen molar-refractivity contribution in [1.82, 2.24) is 0 Å². The van der Waals surface area contributed by atoms with Gasteiger partial charge < -0.3 is 23.5 Å². The van der Waals surface area contributed by atoms with Gasteiger partial charge in [-0.3, -0.25) is 0 Å². The molecular weight excluding hydrogens is 331 g/mol. The van der Waals surface area contributed by atoms with Gasteiger partial charge in [-0.2, -0.15) is 0 Å². The van der Waals surface area contributed by atoms with E-state index in [2.05, 4.69) is 0 Å². The summed E-state index contributed by atoms with van der Waals surface area (Å²) in [7, 11) is -0.380. The van der Waals surface area contributed by atoms with Gasteiger partial charge in [0.15, 0.2) is 0 Å². The Morgan fingerprint density at radius 2 is 1.54 bits per heavy atom. The van der Waals surface area contributed by atoms with Crippen molar-refractivity contribution in [3.63, 3.8) is 0 Å². The molecule has 1 aromatic carbocycles. The van der Waals surface area contributed by atoms with E-state index < -0.39 is 0 Å². The number of hydrogen-bond donors (Lipinski definition) is 0. The van der Waals surface area contributed by atoms with Crippen LogP contribution in [0.1, 0.15) is 48.5 Å². The van der Waals surface area contributed by atoms with Crippen LogP contribution in [0.4, 0.5) is 0 Å². The van der Waals surface area contributed by atoms with E-state index >= 15 is 0 Å². The van der Waals surface area contributed by atoms with E-state index in [9.17, 15) is 0 Å². The Bertz CT molecular complexity index is 564. The first-order valence-electron chi connectivity index (χ1n) is 9.30. The van der Waals surface area contributed by atoms with Crippen LogP contribution in [-0.2, 0) is 18.8 Å². The Morgan fingerprint density at radius 3 is 2.15 bits per heavy atom. The van der Waals surface area contributed by atoms with Crippen LogP contribution in [0.5, 0.6) is 5.75 Å². The number of benzene rings is 1. The molecule has 1 saturated heterocycles. The fourth-order valence-corrected chi connectivity index (χ4v) is 2.46. The molecule has 0 aliphatic carbocycles. The first-order chi connectivity index (χ1) is 12.0. The fourth-order valence-electron chi connectivity index (χ4n) is 2.46. The predicted octanol–water partition coefficient (Wildman–Crippen LogP) is 3.20. The molecule has 0 N–H and O–H groups in total. The molecule has 1 heterocycles. The summed E-state index contributed by atoms with van der Waals surface area (Å²) in [5.41, 5.74) is 0.128. The molecular formula is C20H33BO5. The van der Waals surface area contributed by atoms with Crippen molar-refractivity contribution in [2.24, 2.45) is 0 Å².